The highest BCUT2D eigenvalue weighted by atomic mass is 32.1. The minimum atomic E-state index is -0.814. The molecule has 1 aliphatic carbocycles. The summed E-state index contributed by atoms with van der Waals surface area (Å²) >= 11 is 1.55. The Labute approximate surface area is 217 Å². The van der Waals surface area contributed by atoms with Crippen LogP contribution in [0.3, 0.4) is 0 Å². The zero-order valence-electron chi connectivity index (χ0n) is 21.1. The van der Waals surface area contributed by atoms with Crippen LogP contribution in [-0.4, -0.2) is 35.3 Å². The summed E-state index contributed by atoms with van der Waals surface area (Å²) in [6.45, 7) is 8.00. The lowest BCUT2D eigenvalue weighted by atomic mass is 9.93. The molecule has 1 heterocycles. The first kappa shape index (κ1) is 27.4. The van der Waals surface area contributed by atoms with Crippen LogP contribution in [0.4, 0.5) is 10.1 Å². The summed E-state index contributed by atoms with van der Waals surface area (Å²) in [5, 5.41) is 8.28. The molecule has 3 rings (SSSR count). The summed E-state index contributed by atoms with van der Waals surface area (Å²) in [7, 11) is 0. The van der Waals surface area contributed by atoms with E-state index in [0.717, 1.165) is 41.7 Å². The topological polar surface area (TPSA) is 61.4 Å². The van der Waals surface area contributed by atoms with Crippen molar-refractivity contribution in [3.63, 3.8) is 0 Å². The van der Waals surface area contributed by atoms with Gasteiger partial charge in [-0.05, 0) is 73.5 Å². The summed E-state index contributed by atoms with van der Waals surface area (Å²) in [6.07, 6.45) is 10.8. The standard InChI is InChI=1S/C29H36FN3O2S/c1-4-10-26(21(3)5-2)28(29(35)32-24-11-7-6-8-12-24)33(20-25-13-9-18-36-25)27(34)19-31-23-16-14-22(30)15-17-23/h4-5,9-10,13-18,24,28,31H,2,6-8,11-12,19-20H2,1,3H3,(H,32,35)/b10-4-,26-21+. The molecular weight excluding hydrogens is 473 g/mol. The third-order valence-electron chi connectivity index (χ3n) is 6.43. The number of thiophene rings is 1. The highest BCUT2D eigenvalue weighted by molar-refractivity contribution is 7.09. The first-order chi connectivity index (χ1) is 17.4. The molecule has 2 amide bonds. The lowest BCUT2D eigenvalue weighted by Crippen LogP contribution is -2.53. The minimum Gasteiger partial charge on any atom is -0.376 e. The third-order valence-corrected chi connectivity index (χ3v) is 7.29. The Balaban J connectivity index is 1.95. The van der Waals surface area contributed by atoms with Crippen molar-refractivity contribution in [1.82, 2.24) is 10.2 Å². The molecule has 1 unspecified atom stereocenters. The maximum atomic E-state index is 13.9. The van der Waals surface area contributed by atoms with Crippen LogP contribution >= 0.6 is 11.3 Å². The fourth-order valence-electron chi connectivity index (χ4n) is 4.45. The molecule has 1 fully saturated rings. The molecule has 7 heteroatoms. The van der Waals surface area contributed by atoms with Crippen LogP contribution in [0.5, 0.6) is 0 Å². The van der Waals surface area contributed by atoms with Crippen molar-refractivity contribution >= 4 is 28.8 Å². The molecule has 5 nitrogen and oxygen atoms in total. The molecule has 0 aliphatic heterocycles. The summed E-state index contributed by atoms with van der Waals surface area (Å²) in [4.78, 5) is 30.2. The Kier molecular flexibility index (Phi) is 10.5. The molecule has 0 saturated heterocycles. The maximum absolute atomic E-state index is 13.9. The van der Waals surface area contributed by atoms with E-state index in [0.29, 0.717) is 12.2 Å². The van der Waals surface area contributed by atoms with Crippen LogP contribution in [0.25, 0.3) is 0 Å². The van der Waals surface area contributed by atoms with E-state index < -0.39 is 6.04 Å². The Morgan fingerprint density at radius 2 is 1.92 bits per heavy atom. The van der Waals surface area contributed by atoms with E-state index >= 15 is 0 Å². The van der Waals surface area contributed by atoms with E-state index in [1.165, 1.54) is 18.6 Å². The van der Waals surface area contributed by atoms with Gasteiger partial charge in [-0.25, -0.2) is 4.39 Å². The molecule has 1 aliphatic rings. The van der Waals surface area contributed by atoms with Crippen LogP contribution in [0.2, 0.25) is 0 Å². The van der Waals surface area contributed by atoms with Crippen molar-refractivity contribution in [3.8, 4) is 0 Å². The zero-order valence-corrected chi connectivity index (χ0v) is 22.0. The van der Waals surface area contributed by atoms with Crippen LogP contribution < -0.4 is 10.6 Å². The monoisotopic (exact) mass is 509 g/mol. The summed E-state index contributed by atoms with van der Waals surface area (Å²) < 4.78 is 13.3. The van der Waals surface area contributed by atoms with E-state index in [4.69, 9.17) is 0 Å². The van der Waals surface area contributed by atoms with Crippen LogP contribution in [0, 0.1) is 5.82 Å². The number of allylic oxidation sites excluding steroid dienone is 3. The van der Waals surface area contributed by atoms with Gasteiger partial charge in [0.25, 0.3) is 0 Å². The fourth-order valence-corrected chi connectivity index (χ4v) is 5.16. The predicted octanol–water partition coefficient (Wildman–Crippen LogP) is 6.22. The lowest BCUT2D eigenvalue weighted by molar-refractivity contribution is -0.138. The van der Waals surface area contributed by atoms with E-state index in [1.54, 1.807) is 34.4 Å². The average molecular weight is 510 g/mol. The van der Waals surface area contributed by atoms with E-state index in [-0.39, 0.29) is 30.2 Å². The van der Waals surface area contributed by atoms with Gasteiger partial charge in [-0.15, -0.1) is 11.3 Å². The van der Waals surface area contributed by atoms with Gasteiger partial charge in [-0.1, -0.05) is 50.1 Å². The lowest BCUT2D eigenvalue weighted by Gasteiger charge is -2.34. The Morgan fingerprint density at radius 3 is 2.53 bits per heavy atom. The smallest absolute Gasteiger partial charge is 0.247 e. The molecule has 0 radical (unpaired) electrons. The van der Waals surface area contributed by atoms with Gasteiger partial charge in [0.2, 0.25) is 11.8 Å². The number of halogens is 1. The predicted molar refractivity (Wildman–Crippen MR) is 146 cm³/mol. The number of nitrogens with one attached hydrogen (secondary N) is 2. The molecule has 1 atom stereocenters. The Hall–Kier alpha value is -3.19. The van der Waals surface area contributed by atoms with Gasteiger partial charge in [0, 0.05) is 16.6 Å². The van der Waals surface area contributed by atoms with Crippen LogP contribution in [-0.2, 0) is 16.1 Å². The van der Waals surface area contributed by atoms with E-state index in [2.05, 4.69) is 17.2 Å². The summed E-state index contributed by atoms with van der Waals surface area (Å²) in [5.74, 6) is -0.745. The maximum Gasteiger partial charge on any atom is 0.247 e. The van der Waals surface area contributed by atoms with Crippen molar-refractivity contribution in [2.24, 2.45) is 0 Å². The number of hydrogen-bond acceptors (Lipinski definition) is 4. The number of hydrogen-bond donors (Lipinski definition) is 2. The van der Waals surface area contributed by atoms with Gasteiger partial charge in [0.15, 0.2) is 0 Å². The van der Waals surface area contributed by atoms with Gasteiger partial charge < -0.3 is 15.5 Å². The third kappa shape index (κ3) is 7.65. The highest BCUT2D eigenvalue weighted by Crippen LogP contribution is 2.24. The van der Waals surface area contributed by atoms with Gasteiger partial charge in [0.05, 0.1) is 13.1 Å². The molecule has 1 saturated carbocycles. The van der Waals surface area contributed by atoms with Crippen molar-refractivity contribution in [3.05, 3.63) is 88.4 Å². The van der Waals surface area contributed by atoms with Crippen molar-refractivity contribution in [2.75, 3.05) is 11.9 Å². The number of carbonyl (C=O) groups is 2. The number of amides is 2. The molecule has 0 bridgehead atoms. The molecule has 0 spiro atoms. The number of anilines is 1. The average Bonchev–Trinajstić information content (AvgIpc) is 3.40. The van der Waals surface area contributed by atoms with Crippen molar-refractivity contribution < 1.29 is 14.0 Å². The SMILES string of the molecule is C=C/C(C)=C(\C=C/C)C(C(=O)NC1CCCCC1)N(Cc1cccs1)C(=O)CNc1ccc(F)cc1. The largest absolute Gasteiger partial charge is 0.376 e. The van der Waals surface area contributed by atoms with Crippen LogP contribution in [0.1, 0.15) is 50.8 Å². The van der Waals surface area contributed by atoms with Crippen LogP contribution in [0.15, 0.2) is 77.7 Å². The number of rotatable bonds is 11. The van der Waals surface area contributed by atoms with Gasteiger partial charge in [-0.3, -0.25) is 9.59 Å². The molecule has 1 aromatic carbocycles. The molecular formula is C29H36FN3O2S. The normalized spacial score (nSPS) is 15.8. The second-order valence-corrected chi connectivity index (χ2v) is 10.1. The number of carbonyl (C=O) groups excluding carboxylic acids is 2. The molecule has 1 aromatic heterocycles. The number of benzene rings is 1. The molecule has 36 heavy (non-hydrogen) atoms. The molecule has 2 N–H and O–H groups in total. The Bertz CT molecular complexity index is 1070. The fraction of sp³-hybridized carbons (Fsp3) is 0.379. The molecule has 2 aromatic rings. The van der Waals surface area contributed by atoms with E-state index in [9.17, 15) is 14.0 Å². The first-order valence-electron chi connectivity index (χ1n) is 12.5. The minimum absolute atomic E-state index is 0.0273. The summed E-state index contributed by atoms with van der Waals surface area (Å²) in [5.41, 5.74) is 2.22. The van der Waals surface area contributed by atoms with Gasteiger partial charge in [-0.2, -0.15) is 0 Å². The van der Waals surface area contributed by atoms with Gasteiger partial charge in [0.1, 0.15) is 11.9 Å². The number of nitrogens with zero attached hydrogens (tertiary/aromatic N) is 1. The van der Waals surface area contributed by atoms with E-state index in [1.807, 2.05) is 43.5 Å². The Morgan fingerprint density at radius 1 is 1.19 bits per heavy atom. The van der Waals surface area contributed by atoms with Crippen molar-refractivity contribution in [1.29, 1.82) is 0 Å². The van der Waals surface area contributed by atoms with Gasteiger partial charge >= 0.3 is 0 Å². The first-order valence-corrected chi connectivity index (χ1v) is 13.4. The second kappa shape index (κ2) is 13.8. The van der Waals surface area contributed by atoms with Crippen molar-refractivity contribution in [2.45, 2.75) is 64.6 Å². The highest BCUT2D eigenvalue weighted by Gasteiger charge is 2.34. The second-order valence-electron chi connectivity index (χ2n) is 9.05. The molecule has 192 valence electrons. The summed E-state index contributed by atoms with van der Waals surface area (Å²) in [6, 6.07) is 9.07. The quantitative estimate of drug-likeness (QED) is 0.353. The zero-order chi connectivity index (χ0) is 25.9.